The van der Waals surface area contributed by atoms with Gasteiger partial charge in [0, 0.05) is 37.1 Å². The van der Waals surface area contributed by atoms with Crippen LogP contribution in [0.5, 0.6) is 0 Å². The minimum absolute atomic E-state index is 0.143. The monoisotopic (exact) mass is 334 g/mol. The third-order valence-corrected chi connectivity index (χ3v) is 4.19. The number of carbonyl (C=O) groups excluding carboxylic acids is 1. The molecule has 1 aliphatic heterocycles. The highest BCUT2D eigenvalue weighted by Gasteiger charge is 2.29. The molecule has 0 aliphatic carbocycles. The predicted molar refractivity (Wildman–Crippen MR) is 86.2 cm³/mol. The number of benzene rings is 1. The van der Waals surface area contributed by atoms with Crippen LogP contribution in [0.25, 0.3) is 0 Å². The van der Waals surface area contributed by atoms with Crippen LogP contribution in [-0.2, 0) is 18.4 Å². The standard InChI is InChI=1S/C17H20F2N4O/c1-22-10-12(9-20-22)11-23-5-3-2-4-16(23)17(24)21-15-7-13(18)6-14(19)8-15/h6-10,16H,2-5,11H2,1H3,(H,21,24)/t16-/m0/s1. The van der Waals surface area contributed by atoms with Crippen LogP contribution >= 0.6 is 0 Å². The van der Waals surface area contributed by atoms with E-state index in [9.17, 15) is 13.6 Å². The fourth-order valence-corrected chi connectivity index (χ4v) is 3.12. The van der Waals surface area contributed by atoms with Gasteiger partial charge in [-0.1, -0.05) is 6.42 Å². The predicted octanol–water partition coefficient (Wildman–Crippen LogP) is 2.69. The van der Waals surface area contributed by atoms with Crippen molar-refractivity contribution in [3.8, 4) is 0 Å². The highest BCUT2D eigenvalue weighted by Crippen LogP contribution is 2.22. The Kier molecular flexibility index (Phi) is 4.89. The number of hydrogen-bond donors (Lipinski definition) is 1. The average molecular weight is 334 g/mol. The van der Waals surface area contributed by atoms with Crippen molar-refractivity contribution in [3.05, 3.63) is 47.8 Å². The number of carbonyl (C=O) groups is 1. The van der Waals surface area contributed by atoms with Crippen LogP contribution in [0.1, 0.15) is 24.8 Å². The fourth-order valence-electron chi connectivity index (χ4n) is 3.12. The van der Waals surface area contributed by atoms with E-state index in [1.54, 1.807) is 10.9 Å². The number of amides is 1. The Morgan fingerprint density at radius 3 is 2.71 bits per heavy atom. The number of nitrogens with zero attached hydrogens (tertiary/aromatic N) is 3. The number of aromatic nitrogens is 2. The summed E-state index contributed by atoms with van der Waals surface area (Å²) in [5.41, 5.74) is 1.18. The van der Waals surface area contributed by atoms with Gasteiger partial charge >= 0.3 is 0 Å². The Balaban J connectivity index is 1.70. The fraction of sp³-hybridized carbons (Fsp3) is 0.412. The van der Waals surface area contributed by atoms with Crippen LogP contribution in [-0.4, -0.2) is 33.2 Å². The van der Waals surface area contributed by atoms with Gasteiger partial charge in [0.1, 0.15) is 11.6 Å². The molecule has 1 N–H and O–H groups in total. The molecule has 1 aliphatic rings. The summed E-state index contributed by atoms with van der Waals surface area (Å²) in [6, 6.07) is 2.71. The Morgan fingerprint density at radius 2 is 2.04 bits per heavy atom. The lowest BCUT2D eigenvalue weighted by molar-refractivity contribution is -0.122. The molecule has 1 saturated heterocycles. The smallest absolute Gasteiger partial charge is 0.241 e. The van der Waals surface area contributed by atoms with Crippen LogP contribution in [0.4, 0.5) is 14.5 Å². The van der Waals surface area contributed by atoms with E-state index in [4.69, 9.17) is 0 Å². The molecule has 1 amide bonds. The zero-order valence-corrected chi connectivity index (χ0v) is 13.5. The van der Waals surface area contributed by atoms with Crippen molar-refractivity contribution in [1.82, 2.24) is 14.7 Å². The van der Waals surface area contributed by atoms with Gasteiger partial charge in [0.25, 0.3) is 0 Å². The molecule has 0 spiro atoms. The largest absolute Gasteiger partial charge is 0.325 e. The third-order valence-electron chi connectivity index (χ3n) is 4.19. The molecule has 7 heteroatoms. The van der Waals surface area contributed by atoms with Gasteiger partial charge in [-0.2, -0.15) is 5.10 Å². The van der Waals surface area contributed by atoms with Crippen molar-refractivity contribution in [2.75, 3.05) is 11.9 Å². The number of rotatable bonds is 4. The maximum Gasteiger partial charge on any atom is 0.241 e. The van der Waals surface area contributed by atoms with E-state index >= 15 is 0 Å². The molecule has 1 aromatic heterocycles. The Labute approximate surface area is 139 Å². The van der Waals surface area contributed by atoms with Gasteiger partial charge in [0.05, 0.1) is 12.2 Å². The van der Waals surface area contributed by atoms with E-state index in [0.29, 0.717) is 6.54 Å². The Hall–Kier alpha value is -2.28. The second-order valence-corrected chi connectivity index (χ2v) is 6.15. The van der Waals surface area contributed by atoms with Crippen LogP contribution in [0.2, 0.25) is 0 Å². The van der Waals surface area contributed by atoms with Gasteiger partial charge in [0.2, 0.25) is 5.91 Å². The third kappa shape index (κ3) is 3.97. The van der Waals surface area contributed by atoms with Gasteiger partial charge in [-0.25, -0.2) is 8.78 Å². The van der Waals surface area contributed by atoms with Crippen molar-refractivity contribution >= 4 is 11.6 Å². The van der Waals surface area contributed by atoms with Crippen LogP contribution in [0.15, 0.2) is 30.6 Å². The van der Waals surface area contributed by atoms with E-state index in [0.717, 1.165) is 49.6 Å². The first-order chi connectivity index (χ1) is 11.5. The number of anilines is 1. The van der Waals surface area contributed by atoms with E-state index in [-0.39, 0.29) is 17.6 Å². The van der Waals surface area contributed by atoms with Crippen LogP contribution in [0, 0.1) is 11.6 Å². The molecule has 0 bridgehead atoms. The molecule has 2 aromatic rings. The summed E-state index contributed by atoms with van der Waals surface area (Å²) in [7, 11) is 1.85. The molecule has 128 valence electrons. The van der Waals surface area contributed by atoms with Gasteiger partial charge in [-0.15, -0.1) is 0 Å². The molecule has 0 unspecified atom stereocenters. The van der Waals surface area contributed by atoms with E-state index in [1.165, 1.54) is 0 Å². The average Bonchev–Trinajstić information content (AvgIpc) is 2.92. The summed E-state index contributed by atoms with van der Waals surface area (Å²) in [5, 5.41) is 6.78. The maximum absolute atomic E-state index is 13.3. The number of hydrogen-bond acceptors (Lipinski definition) is 3. The van der Waals surface area contributed by atoms with Gasteiger partial charge in [0.15, 0.2) is 0 Å². The maximum atomic E-state index is 13.3. The first-order valence-electron chi connectivity index (χ1n) is 8.00. The molecule has 2 heterocycles. The SMILES string of the molecule is Cn1cc(CN2CCCC[C@H]2C(=O)Nc2cc(F)cc(F)c2)cn1. The van der Waals surface area contributed by atoms with Gasteiger partial charge in [-0.05, 0) is 31.5 Å². The highest BCUT2D eigenvalue weighted by molar-refractivity contribution is 5.94. The van der Waals surface area contributed by atoms with Crippen LogP contribution in [0.3, 0.4) is 0 Å². The zero-order valence-electron chi connectivity index (χ0n) is 13.5. The molecule has 24 heavy (non-hydrogen) atoms. The Morgan fingerprint density at radius 1 is 1.29 bits per heavy atom. The second kappa shape index (κ2) is 7.09. The van der Waals surface area contributed by atoms with E-state index in [1.807, 2.05) is 13.2 Å². The molecular weight excluding hydrogens is 314 g/mol. The molecule has 1 aromatic carbocycles. The molecule has 1 fully saturated rings. The Bertz CT molecular complexity index is 711. The van der Waals surface area contributed by atoms with Crippen molar-refractivity contribution in [3.63, 3.8) is 0 Å². The van der Waals surface area contributed by atoms with Crippen molar-refractivity contribution in [1.29, 1.82) is 0 Å². The summed E-state index contributed by atoms with van der Waals surface area (Å²) in [5.74, 6) is -1.65. The molecule has 0 saturated carbocycles. The number of nitrogens with one attached hydrogen (secondary N) is 1. The van der Waals surface area contributed by atoms with Gasteiger partial charge < -0.3 is 5.32 Å². The lowest BCUT2D eigenvalue weighted by Crippen LogP contribution is -2.46. The molecule has 1 atom stereocenters. The lowest BCUT2D eigenvalue weighted by Gasteiger charge is -2.34. The summed E-state index contributed by atoms with van der Waals surface area (Å²) < 4.78 is 28.3. The summed E-state index contributed by atoms with van der Waals surface area (Å²) in [6.07, 6.45) is 6.42. The van der Waals surface area contributed by atoms with Crippen LogP contribution < -0.4 is 5.32 Å². The van der Waals surface area contributed by atoms with Crippen molar-refractivity contribution in [2.45, 2.75) is 31.8 Å². The van der Waals surface area contributed by atoms with Crippen molar-refractivity contribution < 1.29 is 13.6 Å². The van der Waals surface area contributed by atoms with E-state index in [2.05, 4.69) is 15.3 Å². The zero-order chi connectivity index (χ0) is 17.1. The number of likely N-dealkylation sites (tertiary alicyclic amines) is 1. The number of piperidine rings is 1. The summed E-state index contributed by atoms with van der Waals surface area (Å²) >= 11 is 0. The van der Waals surface area contributed by atoms with E-state index < -0.39 is 11.6 Å². The quantitative estimate of drug-likeness (QED) is 0.935. The number of aryl methyl sites for hydroxylation is 1. The van der Waals surface area contributed by atoms with Crippen molar-refractivity contribution in [2.24, 2.45) is 7.05 Å². The van der Waals surface area contributed by atoms with Gasteiger partial charge in [-0.3, -0.25) is 14.4 Å². The lowest BCUT2D eigenvalue weighted by atomic mass is 10.0. The first-order valence-corrected chi connectivity index (χ1v) is 8.00. The summed E-state index contributed by atoms with van der Waals surface area (Å²) in [6.45, 7) is 1.44. The minimum Gasteiger partial charge on any atom is -0.325 e. The minimum atomic E-state index is -0.707. The highest BCUT2D eigenvalue weighted by atomic mass is 19.1. The summed E-state index contributed by atoms with van der Waals surface area (Å²) in [4.78, 5) is 14.7. The topological polar surface area (TPSA) is 50.2 Å². The molecule has 5 nitrogen and oxygen atoms in total. The molecular formula is C17H20F2N4O. The molecule has 3 rings (SSSR count). The second-order valence-electron chi connectivity index (χ2n) is 6.15. The number of halogens is 2. The normalized spacial score (nSPS) is 18.5. The first kappa shape index (κ1) is 16.6. The molecule has 0 radical (unpaired) electrons.